The minimum absolute atomic E-state index is 0.248. The molecule has 1 aliphatic heterocycles. The van der Waals surface area contributed by atoms with E-state index in [1.54, 1.807) is 20.8 Å². The zero-order valence-electron chi connectivity index (χ0n) is 16.5. The van der Waals surface area contributed by atoms with Gasteiger partial charge < -0.3 is 10.5 Å². The topological polar surface area (TPSA) is 98.5 Å². The molecular weight excluding hydrogens is 346 g/mol. The lowest BCUT2D eigenvalue weighted by Gasteiger charge is -2.34. The van der Waals surface area contributed by atoms with Gasteiger partial charge in [-0.15, -0.1) is 0 Å². The highest BCUT2D eigenvalue weighted by atomic mass is 16.6. The molecule has 7 heteroatoms. The van der Waals surface area contributed by atoms with Gasteiger partial charge in [0, 0.05) is 19.3 Å². The molecule has 1 saturated heterocycles. The molecule has 1 heterocycles. The Morgan fingerprint density at radius 1 is 1.26 bits per heavy atom. The molecule has 0 aromatic heterocycles. The average Bonchev–Trinajstić information content (AvgIpc) is 2.95. The fourth-order valence-electron chi connectivity index (χ4n) is 3.55. The molecule has 148 valence electrons. The summed E-state index contributed by atoms with van der Waals surface area (Å²) < 4.78 is 4.70. The van der Waals surface area contributed by atoms with Crippen LogP contribution in [0.15, 0.2) is 30.3 Å². The average molecular weight is 376 g/mol. The highest BCUT2D eigenvalue weighted by Gasteiger charge is 2.54. The Hall–Kier alpha value is -2.25. The molecule has 7 nitrogen and oxygen atoms in total. The fraction of sp³-hybridized carbons (Fsp3) is 0.550. The number of urea groups is 1. The number of carbonyl (C=O) groups is 3. The van der Waals surface area contributed by atoms with Crippen molar-refractivity contribution in [1.82, 2.24) is 5.32 Å². The van der Waals surface area contributed by atoms with Crippen molar-refractivity contribution >= 4 is 18.0 Å². The van der Waals surface area contributed by atoms with Crippen LogP contribution in [0.25, 0.3) is 0 Å². The van der Waals surface area contributed by atoms with Crippen molar-refractivity contribution in [3.8, 4) is 0 Å². The first kappa shape index (κ1) is 21.1. The Labute approximate surface area is 160 Å². The zero-order chi connectivity index (χ0) is 20.2. The van der Waals surface area contributed by atoms with Crippen LogP contribution in [0.1, 0.15) is 46.1 Å². The summed E-state index contributed by atoms with van der Waals surface area (Å²) in [5, 5.41) is 2.25. The number of amides is 4. The Morgan fingerprint density at radius 3 is 2.41 bits per heavy atom. The molecule has 1 aromatic rings. The fourth-order valence-corrected chi connectivity index (χ4v) is 3.55. The van der Waals surface area contributed by atoms with Gasteiger partial charge in [0.15, 0.2) is 0 Å². The summed E-state index contributed by atoms with van der Waals surface area (Å²) in [6.07, 6.45) is 0.915. The van der Waals surface area contributed by atoms with E-state index in [1.165, 1.54) is 0 Å². The van der Waals surface area contributed by atoms with Crippen molar-refractivity contribution in [2.45, 2.75) is 64.6 Å². The second-order valence-corrected chi connectivity index (χ2v) is 8.15. The molecule has 2 rings (SSSR count). The molecule has 1 aliphatic rings. The van der Waals surface area contributed by atoms with E-state index >= 15 is 0 Å². The number of ether oxygens (including phenoxy) is 1. The lowest BCUT2D eigenvalue weighted by molar-refractivity contribution is -0.785. The predicted molar refractivity (Wildman–Crippen MR) is 102 cm³/mol. The number of alkyl carbamates (subject to hydrolysis) is 1. The molecule has 0 spiro atoms. The van der Waals surface area contributed by atoms with E-state index in [2.05, 4.69) is 5.32 Å². The molecule has 0 aliphatic carbocycles. The van der Waals surface area contributed by atoms with Gasteiger partial charge in [0.1, 0.15) is 17.7 Å². The smallest absolute Gasteiger partial charge is 0.433 e. The van der Waals surface area contributed by atoms with Crippen LogP contribution < -0.4 is 11.1 Å². The summed E-state index contributed by atoms with van der Waals surface area (Å²) in [7, 11) is 0. The number of rotatable bonds is 3. The first-order valence-electron chi connectivity index (χ1n) is 9.32. The summed E-state index contributed by atoms with van der Waals surface area (Å²) >= 11 is 0. The molecule has 1 aromatic carbocycles. The molecule has 3 atom stereocenters. The van der Waals surface area contributed by atoms with Gasteiger partial charge in [-0.3, -0.25) is 0 Å². The van der Waals surface area contributed by atoms with E-state index in [-0.39, 0.29) is 11.9 Å². The van der Waals surface area contributed by atoms with Crippen molar-refractivity contribution in [3.05, 3.63) is 35.9 Å². The predicted octanol–water partition coefficient (Wildman–Crippen LogP) is 2.73. The van der Waals surface area contributed by atoms with Crippen molar-refractivity contribution in [3.63, 3.8) is 0 Å². The maximum atomic E-state index is 13.2. The maximum absolute atomic E-state index is 13.2. The lowest BCUT2D eigenvalue weighted by atomic mass is 10.0. The van der Waals surface area contributed by atoms with Crippen LogP contribution in [-0.2, 0) is 16.0 Å². The molecule has 1 unspecified atom stereocenters. The van der Waals surface area contributed by atoms with Crippen LogP contribution in [0.4, 0.5) is 9.59 Å². The lowest BCUT2D eigenvalue weighted by Crippen LogP contribution is -2.67. The molecule has 0 saturated carbocycles. The van der Waals surface area contributed by atoms with Gasteiger partial charge in [0.05, 0.1) is 6.54 Å². The van der Waals surface area contributed by atoms with Gasteiger partial charge in [-0.2, -0.15) is 4.48 Å². The van der Waals surface area contributed by atoms with Crippen molar-refractivity contribution in [1.29, 1.82) is 0 Å². The summed E-state index contributed by atoms with van der Waals surface area (Å²) in [6, 6.07) is 7.69. The third kappa shape index (κ3) is 4.93. The van der Waals surface area contributed by atoms with E-state index in [4.69, 9.17) is 10.5 Å². The Kier molecular flexibility index (Phi) is 6.38. The van der Waals surface area contributed by atoms with Gasteiger partial charge in [-0.1, -0.05) is 30.3 Å². The third-order valence-corrected chi connectivity index (χ3v) is 4.86. The minimum Gasteiger partial charge on any atom is -0.443 e. The zero-order valence-corrected chi connectivity index (χ0v) is 16.5. The number of nitrogens with two attached hydrogens (primary N) is 1. The third-order valence-electron chi connectivity index (χ3n) is 4.86. The van der Waals surface area contributed by atoms with Crippen molar-refractivity contribution in [2.24, 2.45) is 5.73 Å². The summed E-state index contributed by atoms with van der Waals surface area (Å²) in [5.41, 5.74) is 6.38. The summed E-state index contributed by atoms with van der Waals surface area (Å²) in [6.45, 7) is 7.30. The molecule has 4 amide bonds. The van der Waals surface area contributed by atoms with Crippen LogP contribution in [0.5, 0.6) is 0 Å². The minimum atomic E-state index is -0.853. The number of likely N-dealkylation sites (tertiary alicyclic amines) is 1. The van der Waals surface area contributed by atoms with Crippen LogP contribution in [-0.4, -0.2) is 46.7 Å². The summed E-state index contributed by atoms with van der Waals surface area (Å²) in [4.78, 5) is 38.2. The van der Waals surface area contributed by atoms with Gasteiger partial charge in [-0.25, -0.2) is 19.7 Å². The van der Waals surface area contributed by atoms with Gasteiger partial charge in [0.2, 0.25) is 0 Å². The second kappa shape index (κ2) is 8.19. The van der Waals surface area contributed by atoms with E-state index in [1.807, 2.05) is 37.3 Å². The standard InChI is InChI=1S/C20H29N3O4/c1-14-9-8-12-23(14,18(25)22-19(26)27-20(2,3)4)17(24)16(21)13-15-10-6-5-7-11-15/h5-7,10-11,14,16H,8-9,12-13,21H2,1-4H3/p+1/t14-,16+,23?/m1/s1. The Morgan fingerprint density at radius 2 is 1.89 bits per heavy atom. The number of quaternary nitrogens is 1. The summed E-state index contributed by atoms with van der Waals surface area (Å²) in [5.74, 6) is -0.370. The van der Waals surface area contributed by atoms with Crippen LogP contribution in [0.2, 0.25) is 0 Å². The molecule has 0 radical (unpaired) electrons. The van der Waals surface area contributed by atoms with E-state index in [0.29, 0.717) is 25.8 Å². The monoisotopic (exact) mass is 376 g/mol. The maximum Gasteiger partial charge on any atom is 0.433 e. The van der Waals surface area contributed by atoms with E-state index in [0.717, 1.165) is 5.56 Å². The van der Waals surface area contributed by atoms with Gasteiger partial charge in [0.25, 0.3) is 0 Å². The number of nitrogens with zero attached hydrogens (tertiary/aromatic N) is 1. The van der Waals surface area contributed by atoms with Crippen molar-refractivity contribution in [2.75, 3.05) is 6.54 Å². The molecule has 3 N–H and O–H groups in total. The largest absolute Gasteiger partial charge is 0.443 e. The van der Waals surface area contributed by atoms with Gasteiger partial charge in [-0.05, 0) is 33.3 Å². The van der Waals surface area contributed by atoms with Crippen LogP contribution in [0, 0.1) is 0 Å². The quantitative estimate of drug-likeness (QED) is 0.791. The highest BCUT2D eigenvalue weighted by Crippen LogP contribution is 2.29. The molecule has 1 fully saturated rings. The molecular formula is C20H30N3O4+. The number of nitrogens with one attached hydrogen (secondary N) is 1. The number of hydrogen-bond acceptors (Lipinski definition) is 5. The normalized spacial score (nSPS) is 23.5. The van der Waals surface area contributed by atoms with E-state index < -0.39 is 28.3 Å². The first-order chi connectivity index (χ1) is 12.6. The van der Waals surface area contributed by atoms with Gasteiger partial charge >= 0.3 is 18.0 Å². The highest BCUT2D eigenvalue weighted by molar-refractivity contribution is 5.94. The first-order valence-corrected chi connectivity index (χ1v) is 9.32. The van der Waals surface area contributed by atoms with Crippen molar-refractivity contribution < 1.29 is 23.6 Å². The van der Waals surface area contributed by atoms with Crippen LogP contribution >= 0.6 is 0 Å². The second-order valence-electron chi connectivity index (χ2n) is 8.15. The molecule has 27 heavy (non-hydrogen) atoms. The number of benzene rings is 1. The SMILES string of the molecule is C[C@@H]1CCC[N+]1(C(=O)NC(=O)OC(C)(C)C)C(=O)[C@@H](N)Cc1ccccc1. The number of imide groups is 2. The number of carbonyl (C=O) groups excluding carboxylic acids is 3. The molecule has 0 bridgehead atoms. The number of hydrogen-bond donors (Lipinski definition) is 2. The Balaban J connectivity index is 2.19. The van der Waals surface area contributed by atoms with E-state index in [9.17, 15) is 14.4 Å². The van der Waals surface area contributed by atoms with Crippen LogP contribution in [0.3, 0.4) is 0 Å². The Bertz CT molecular complexity index is 699.